The number of aldehydes is 1. The van der Waals surface area contributed by atoms with Crippen LogP contribution in [0.5, 0.6) is 0 Å². The molecule has 0 spiro atoms. The summed E-state index contributed by atoms with van der Waals surface area (Å²) in [6.45, 7) is 0. The normalized spacial score (nSPS) is 10.7. The average molecular weight is 225 g/mol. The molecular weight excluding hydrogens is 220 g/mol. The maximum absolute atomic E-state index is 12.2. The molecule has 0 unspecified atom stereocenters. The van der Waals surface area contributed by atoms with Crippen molar-refractivity contribution in [3.63, 3.8) is 0 Å². The van der Waals surface area contributed by atoms with Gasteiger partial charge in [0, 0.05) is 18.0 Å². The number of rotatable bonds is 3. The first-order valence-corrected chi connectivity index (χ1v) is 4.23. The number of hydrogen-bond acceptors (Lipinski definition) is 5. The summed E-state index contributed by atoms with van der Waals surface area (Å²) in [6, 6.07) is 1.42. The Balaban J connectivity index is 2.38. The number of pyridine rings is 1. The van der Waals surface area contributed by atoms with Gasteiger partial charge in [0.25, 0.3) is 5.89 Å². The topological polar surface area (TPSA) is 68.9 Å². The van der Waals surface area contributed by atoms with Gasteiger partial charge in [-0.15, -0.1) is 10.2 Å². The highest BCUT2D eigenvalue weighted by Crippen LogP contribution is 2.22. The van der Waals surface area contributed by atoms with E-state index in [1.165, 1.54) is 18.5 Å². The van der Waals surface area contributed by atoms with E-state index >= 15 is 0 Å². The first-order chi connectivity index (χ1) is 7.70. The molecule has 0 aromatic carbocycles. The predicted molar refractivity (Wildman–Crippen MR) is 47.9 cm³/mol. The number of aromatic nitrogens is 3. The van der Waals surface area contributed by atoms with Crippen LogP contribution in [0, 0.1) is 0 Å². The lowest BCUT2D eigenvalue weighted by Crippen LogP contribution is -1.85. The summed E-state index contributed by atoms with van der Waals surface area (Å²) >= 11 is 0. The van der Waals surface area contributed by atoms with Crippen molar-refractivity contribution >= 4 is 6.29 Å². The zero-order chi connectivity index (χ0) is 11.5. The summed E-state index contributed by atoms with van der Waals surface area (Å²) < 4.78 is 29.0. The van der Waals surface area contributed by atoms with Gasteiger partial charge in [-0.1, -0.05) is 0 Å². The highest BCUT2D eigenvalue weighted by Gasteiger charge is 2.17. The van der Waals surface area contributed by atoms with Crippen molar-refractivity contribution in [2.24, 2.45) is 0 Å². The van der Waals surface area contributed by atoms with Gasteiger partial charge in [0.1, 0.15) is 0 Å². The Bertz CT molecular complexity index is 513. The van der Waals surface area contributed by atoms with Gasteiger partial charge in [0.05, 0.1) is 5.56 Å². The zero-order valence-electron chi connectivity index (χ0n) is 7.80. The minimum Gasteiger partial charge on any atom is -0.415 e. The van der Waals surface area contributed by atoms with Crippen molar-refractivity contribution < 1.29 is 18.0 Å². The minimum absolute atomic E-state index is 0.0912. The first-order valence-electron chi connectivity index (χ1n) is 4.23. The highest BCUT2D eigenvalue weighted by molar-refractivity contribution is 5.76. The quantitative estimate of drug-likeness (QED) is 0.746. The van der Waals surface area contributed by atoms with Crippen LogP contribution in [0.1, 0.15) is 22.7 Å². The van der Waals surface area contributed by atoms with Crippen LogP contribution in [0.2, 0.25) is 0 Å². The fraction of sp³-hybridized carbons (Fsp3) is 0.111. The van der Waals surface area contributed by atoms with Crippen LogP contribution in [0.15, 0.2) is 22.9 Å². The molecule has 0 fully saturated rings. The van der Waals surface area contributed by atoms with Crippen molar-refractivity contribution in [2.45, 2.75) is 6.43 Å². The fourth-order valence-corrected chi connectivity index (χ4v) is 1.08. The number of nitrogens with zero attached hydrogens (tertiary/aromatic N) is 3. The third-order valence-corrected chi connectivity index (χ3v) is 1.77. The van der Waals surface area contributed by atoms with E-state index in [0.29, 0.717) is 17.4 Å². The Morgan fingerprint density at radius 3 is 2.75 bits per heavy atom. The monoisotopic (exact) mass is 225 g/mol. The summed E-state index contributed by atoms with van der Waals surface area (Å²) in [5.41, 5.74) is 0.623. The van der Waals surface area contributed by atoms with E-state index in [2.05, 4.69) is 15.2 Å². The summed E-state index contributed by atoms with van der Waals surface area (Å²) in [4.78, 5) is 14.2. The molecule has 0 N–H and O–H groups in total. The van der Waals surface area contributed by atoms with Crippen LogP contribution >= 0.6 is 0 Å². The third-order valence-electron chi connectivity index (χ3n) is 1.77. The van der Waals surface area contributed by atoms with Crippen molar-refractivity contribution in [1.29, 1.82) is 0 Å². The molecule has 0 radical (unpaired) electrons. The van der Waals surface area contributed by atoms with Crippen LogP contribution in [0.3, 0.4) is 0 Å². The third kappa shape index (κ3) is 1.92. The van der Waals surface area contributed by atoms with Crippen molar-refractivity contribution in [3.8, 4) is 11.5 Å². The molecule has 2 heterocycles. The van der Waals surface area contributed by atoms with Crippen LogP contribution in [0.4, 0.5) is 8.78 Å². The number of carbonyl (C=O) groups is 1. The van der Waals surface area contributed by atoms with E-state index < -0.39 is 12.3 Å². The smallest absolute Gasteiger partial charge is 0.314 e. The molecule has 2 aromatic heterocycles. The molecule has 82 valence electrons. The Morgan fingerprint density at radius 2 is 2.12 bits per heavy atom. The molecule has 7 heteroatoms. The Kier molecular flexibility index (Phi) is 2.67. The summed E-state index contributed by atoms with van der Waals surface area (Å²) in [6.07, 6.45) is 0.445. The second-order valence-electron chi connectivity index (χ2n) is 2.87. The van der Waals surface area contributed by atoms with E-state index in [1.54, 1.807) is 0 Å². The SMILES string of the molecule is O=Cc1cncc(-c2nnc(C(F)F)o2)c1. The number of carbonyl (C=O) groups excluding carboxylic acids is 1. The molecule has 0 saturated heterocycles. The molecule has 0 bridgehead atoms. The van der Waals surface area contributed by atoms with E-state index in [9.17, 15) is 13.6 Å². The highest BCUT2D eigenvalue weighted by atomic mass is 19.3. The van der Waals surface area contributed by atoms with Crippen LogP contribution < -0.4 is 0 Å². The first kappa shape index (κ1) is 10.3. The van der Waals surface area contributed by atoms with E-state index in [4.69, 9.17) is 4.42 Å². The van der Waals surface area contributed by atoms with Gasteiger partial charge in [-0.2, -0.15) is 8.78 Å². The summed E-state index contributed by atoms with van der Waals surface area (Å²) in [5.74, 6) is -0.849. The van der Waals surface area contributed by atoms with Crippen molar-refractivity contribution in [1.82, 2.24) is 15.2 Å². The predicted octanol–water partition coefficient (Wildman–Crippen LogP) is 1.88. The molecule has 5 nitrogen and oxygen atoms in total. The van der Waals surface area contributed by atoms with E-state index in [1.807, 2.05) is 0 Å². The largest absolute Gasteiger partial charge is 0.415 e. The van der Waals surface area contributed by atoms with Gasteiger partial charge in [0.15, 0.2) is 6.29 Å². The number of hydrogen-bond donors (Lipinski definition) is 0. The summed E-state index contributed by atoms with van der Waals surface area (Å²) in [7, 11) is 0. The van der Waals surface area contributed by atoms with Crippen LogP contribution in [-0.2, 0) is 0 Å². The zero-order valence-corrected chi connectivity index (χ0v) is 7.80. The van der Waals surface area contributed by atoms with E-state index in [-0.39, 0.29) is 5.89 Å². The van der Waals surface area contributed by atoms with Gasteiger partial charge in [-0.3, -0.25) is 9.78 Å². The Morgan fingerprint density at radius 1 is 1.31 bits per heavy atom. The maximum Gasteiger partial charge on any atom is 0.314 e. The molecule has 0 atom stereocenters. The molecular formula is C9H5F2N3O2. The Hall–Kier alpha value is -2.18. The lowest BCUT2D eigenvalue weighted by atomic mass is 10.2. The molecule has 0 saturated carbocycles. The van der Waals surface area contributed by atoms with Crippen LogP contribution in [0.25, 0.3) is 11.5 Å². The lowest BCUT2D eigenvalue weighted by Gasteiger charge is -1.94. The maximum atomic E-state index is 12.2. The number of alkyl halides is 2. The standard InChI is InChI=1S/C9H5F2N3O2/c10-7(11)9-14-13-8(16-9)6-1-5(4-15)2-12-3-6/h1-4,7H. The van der Waals surface area contributed by atoms with Gasteiger partial charge in [0.2, 0.25) is 5.89 Å². The second-order valence-corrected chi connectivity index (χ2v) is 2.87. The Labute approximate surface area is 88.1 Å². The molecule has 0 aliphatic heterocycles. The fourth-order valence-electron chi connectivity index (χ4n) is 1.08. The van der Waals surface area contributed by atoms with Gasteiger partial charge < -0.3 is 4.42 Å². The van der Waals surface area contributed by atoms with Gasteiger partial charge in [-0.25, -0.2) is 0 Å². The van der Waals surface area contributed by atoms with Crippen LogP contribution in [-0.4, -0.2) is 21.5 Å². The van der Waals surface area contributed by atoms with Crippen molar-refractivity contribution in [2.75, 3.05) is 0 Å². The molecule has 2 aromatic rings. The molecule has 2 rings (SSSR count). The number of halogens is 2. The van der Waals surface area contributed by atoms with Gasteiger partial charge >= 0.3 is 6.43 Å². The minimum atomic E-state index is -2.82. The molecule has 16 heavy (non-hydrogen) atoms. The van der Waals surface area contributed by atoms with Crippen molar-refractivity contribution in [3.05, 3.63) is 29.9 Å². The van der Waals surface area contributed by atoms with Gasteiger partial charge in [-0.05, 0) is 6.07 Å². The second kappa shape index (κ2) is 4.13. The molecule has 0 aliphatic rings. The lowest BCUT2D eigenvalue weighted by molar-refractivity contribution is 0.112. The van der Waals surface area contributed by atoms with E-state index in [0.717, 1.165) is 0 Å². The molecule has 0 amide bonds. The average Bonchev–Trinajstić information content (AvgIpc) is 2.78. The summed E-state index contributed by atoms with van der Waals surface area (Å²) in [5, 5.41) is 6.60. The molecule has 0 aliphatic carbocycles.